The third-order valence-electron chi connectivity index (χ3n) is 5.86. The van der Waals surface area contributed by atoms with Gasteiger partial charge in [0.05, 0.1) is 17.5 Å². The number of alkyl carbamates (subject to hydrolysis) is 1. The number of benzene rings is 3. The first-order valence-corrected chi connectivity index (χ1v) is 12.8. The number of methoxy groups -OCH3 is 1. The smallest absolute Gasteiger partial charge is 0.408 e. The number of nitrogens with zero attached hydrogens (tertiary/aromatic N) is 1. The summed E-state index contributed by atoms with van der Waals surface area (Å²) < 4.78 is 37.9. The highest BCUT2D eigenvalue weighted by atomic mass is 32.2. The molecule has 0 aliphatic carbocycles. The summed E-state index contributed by atoms with van der Waals surface area (Å²) in [7, 11) is -2.92. The second-order valence-electron chi connectivity index (χ2n) is 8.37. The molecule has 0 bridgehead atoms. The van der Waals surface area contributed by atoms with Gasteiger partial charge in [0.2, 0.25) is 0 Å². The molecule has 1 heterocycles. The maximum absolute atomic E-state index is 13.5. The molecule has 0 unspecified atom stereocenters. The maximum Gasteiger partial charge on any atom is 0.408 e. The van der Waals surface area contributed by atoms with Gasteiger partial charge >= 0.3 is 12.1 Å². The van der Waals surface area contributed by atoms with Crippen molar-refractivity contribution in [3.8, 4) is 0 Å². The molecule has 37 heavy (non-hydrogen) atoms. The Kier molecular flexibility index (Phi) is 7.61. The number of aryl methyl sites for hydroxylation is 1. The van der Waals surface area contributed by atoms with Crippen LogP contribution in [0.2, 0.25) is 0 Å². The molecular formula is C27H26N2O7S. The number of fused-ring (bicyclic) bond motifs is 1. The molecular weight excluding hydrogens is 496 g/mol. The van der Waals surface area contributed by atoms with Crippen LogP contribution in [0.1, 0.15) is 22.8 Å². The van der Waals surface area contributed by atoms with E-state index in [0.717, 1.165) is 22.2 Å². The minimum atomic E-state index is -4.03. The fourth-order valence-corrected chi connectivity index (χ4v) is 5.28. The van der Waals surface area contributed by atoms with Gasteiger partial charge in [-0.1, -0.05) is 66.2 Å². The normalized spacial score (nSPS) is 13.1. The fraction of sp³-hybridized carbons (Fsp3) is 0.185. The number of aliphatic hydroxyl groups is 1. The highest BCUT2D eigenvalue weighted by Gasteiger charge is 2.34. The highest BCUT2D eigenvalue weighted by molar-refractivity contribution is 7.90. The molecule has 2 atom stereocenters. The predicted molar refractivity (Wildman–Crippen MR) is 136 cm³/mol. The molecule has 0 radical (unpaired) electrons. The topological polar surface area (TPSA) is 124 Å². The number of nitrogens with one attached hydrogen (secondary N) is 1. The van der Waals surface area contributed by atoms with Gasteiger partial charge in [0.25, 0.3) is 10.0 Å². The molecule has 4 aromatic rings. The van der Waals surface area contributed by atoms with Crippen molar-refractivity contribution in [2.24, 2.45) is 0 Å². The van der Waals surface area contributed by atoms with Crippen molar-refractivity contribution in [3.05, 3.63) is 102 Å². The van der Waals surface area contributed by atoms with Crippen LogP contribution in [0.25, 0.3) is 10.9 Å². The predicted octanol–water partition coefficient (Wildman–Crippen LogP) is 3.69. The Bertz CT molecular complexity index is 1510. The molecule has 9 nitrogen and oxygen atoms in total. The van der Waals surface area contributed by atoms with E-state index in [2.05, 4.69) is 5.32 Å². The van der Waals surface area contributed by atoms with Gasteiger partial charge in [-0.2, -0.15) is 0 Å². The number of carbonyl (C=O) groups is 2. The number of rotatable bonds is 8. The average molecular weight is 523 g/mol. The average Bonchev–Trinajstić information content (AvgIpc) is 3.31. The number of aliphatic hydroxyl groups excluding tert-OH is 1. The van der Waals surface area contributed by atoms with Crippen LogP contribution in [0, 0.1) is 6.92 Å². The standard InChI is InChI=1S/C27H26N2O7S/c1-18-12-14-20(15-13-18)37(33,34)29-16-22(21-10-6-7-11-23(21)29)25(30)24(26(31)35-2)28-27(32)36-17-19-8-4-3-5-9-19/h3-16,24-25,30H,17H2,1-2H3,(H,28,32)/t24-,25+/m0/s1. The summed E-state index contributed by atoms with van der Waals surface area (Å²) in [5, 5.41) is 14.0. The summed E-state index contributed by atoms with van der Waals surface area (Å²) >= 11 is 0. The number of ether oxygens (including phenoxy) is 2. The van der Waals surface area contributed by atoms with Gasteiger partial charge in [-0.05, 0) is 30.7 Å². The summed E-state index contributed by atoms with van der Waals surface area (Å²) in [5.74, 6) is -0.928. The molecule has 192 valence electrons. The Balaban J connectivity index is 1.67. The van der Waals surface area contributed by atoms with E-state index in [0.29, 0.717) is 10.9 Å². The second kappa shape index (κ2) is 10.9. The van der Waals surface area contributed by atoms with Gasteiger partial charge < -0.3 is 19.9 Å². The molecule has 1 amide bonds. The van der Waals surface area contributed by atoms with Crippen molar-refractivity contribution in [2.45, 2.75) is 30.6 Å². The lowest BCUT2D eigenvalue weighted by Crippen LogP contribution is -2.45. The second-order valence-corrected chi connectivity index (χ2v) is 10.2. The number of hydrogen-bond acceptors (Lipinski definition) is 7. The number of carbonyl (C=O) groups excluding carboxylic acids is 2. The van der Waals surface area contributed by atoms with Crippen molar-refractivity contribution in [1.29, 1.82) is 0 Å². The van der Waals surface area contributed by atoms with Crippen LogP contribution in [0.5, 0.6) is 0 Å². The highest BCUT2D eigenvalue weighted by Crippen LogP contribution is 2.31. The molecule has 0 saturated heterocycles. The quantitative estimate of drug-likeness (QED) is 0.338. The van der Waals surface area contributed by atoms with E-state index in [9.17, 15) is 23.1 Å². The molecule has 0 aliphatic rings. The van der Waals surface area contributed by atoms with Crippen molar-refractivity contribution in [3.63, 3.8) is 0 Å². The van der Waals surface area contributed by atoms with Gasteiger partial charge in [-0.25, -0.2) is 22.0 Å². The molecule has 4 rings (SSSR count). The number of para-hydroxylation sites is 1. The maximum atomic E-state index is 13.5. The van der Waals surface area contributed by atoms with E-state index in [1.165, 1.54) is 18.3 Å². The SMILES string of the molecule is COC(=O)[C@@H](NC(=O)OCc1ccccc1)[C@H](O)c1cn(S(=O)(=O)c2ccc(C)cc2)c2ccccc12. The third-order valence-corrected chi connectivity index (χ3v) is 7.55. The molecule has 0 saturated carbocycles. The van der Waals surface area contributed by atoms with E-state index >= 15 is 0 Å². The Labute approximate surface area is 214 Å². The first kappa shape index (κ1) is 25.9. The van der Waals surface area contributed by atoms with E-state index in [1.807, 2.05) is 13.0 Å². The van der Waals surface area contributed by atoms with Crippen molar-refractivity contribution < 1.29 is 32.6 Å². The van der Waals surface area contributed by atoms with Crippen LogP contribution in [-0.2, 0) is 30.9 Å². The van der Waals surface area contributed by atoms with Crippen molar-refractivity contribution in [1.82, 2.24) is 9.29 Å². The Morgan fingerprint density at radius 2 is 1.62 bits per heavy atom. The third kappa shape index (κ3) is 5.50. The molecule has 0 fully saturated rings. The Morgan fingerprint density at radius 3 is 2.30 bits per heavy atom. The van der Waals surface area contributed by atoms with E-state index in [4.69, 9.17) is 9.47 Å². The Morgan fingerprint density at radius 1 is 0.973 bits per heavy atom. The lowest BCUT2D eigenvalue weighted by molar-refractivity contribution is -0.146. The van der Waals surface area contributed by atoms with Gasteiger partial charge in [0.1, 0.15) is 12.7 Å². The summed E-state index contributed by atoms with van der Waals surface area (Å²) in [6.45, 7) is 1.80. The minimum absolute atomic E-state index is 0.0508. The summed E-state index contributed by atoms with van der Waals surface area (Å²) in [6, 6.07) is 20.3. The number of esters is 1. The first-order valence-electron chi connectivity index (χ1n) is 11.4. The number of amides is 1. The van der Waals surface area contributed by atoms with Gasteiger partial charge in [0.15, 0.2) is 6.04 Å². The first-order chi connectivity index (χ1) is 17.7. The van der Waals surface area contributed by atoms with Crippen LogP contribution in [-0.4, -0.2) is 42.7 Å². The van der Waals surface area contributed by atoms with Gasteiger partial charge in [0, 0.05) is 17.1 Å². The van der Waals surface area contributed by atoms with Crippen LogP contribution in [0.3, 0.4) is 0 Å². The molecule has 0 spiro atoms. The zero-order valence-electron chi connectivity index (χ0n) is 20.2. The zero-order valence-corrected chi connectivity index (χ0v) is 21.0. The largest absolute Gasteiger partial charge is 0.467 e. The summed E-state index contributed by atoms with van der Waals surface area (Å²) in [6.07, 6.45) is -1.34. The minimum Gasteiger partial charge on any atom is -0.467 e. The van der Waals surface area contributed by atoms with Crippen LogP contribution in [0.15, 0.2) is 90.0 Å². The number of hydrogen-bond donors (Lipinski definition) is 2. The van der Waals surface area contributed by atoms with E-state index < -0.39 is 34.2 Å². The zero-order chi connectivity index (χ0) is 26.6. The molecule has 1 aromatic heterocycles. The summed E-state index contributed by atoms with van der Waals surface area (Å²) in [5.41, 5.74) is 2.05. The van der Waals surface area contributed by atoms with Crippen LogP contribution in [0.4, 0.5) is 4.79 Å². The molecule has 0 aliphatic heterocycles. The van der Waals surface area contributed by atoms with Crippen molar-refractivity contribution in [2.75, 3.05) is 7.11 Å². The van der Waals surface area contributed by atoms with Gasteiger partial charge in [-0.15, -0.1) is 0 Å². The fourth-order valence-electron chi connectivity index (χ4n) is 3.90. The Hall–Kier alpha value is -4.15. The summed E-state index contributed by atoms with van der Waals surface area (Å²) in [4.78, 5) is 25.1. The van der Waals surface area contributed by atoms with Crippen LogP contribution < -0.4 is 5.32 Å². The molecule has 2 N–H and O–H groups in total. The molecule has 10 heteroatoms. The van der Waals surface area contributed by atoms with Crippen LogP contribution >= 0.6 is 0 Å². The van der Waals surface area contributed by atoms with E-state index in [-0.39, 0.29) is 17.1 Å². The van der Waals surface area contributed by atoms with E-state index in [1.54, 1.807) is 60.7 Å². The lowest BCUT2D eigenvalue weighted by atomic mass is 10.0. The van der Waals surface area contributed by atoms with Gasteiger partial charge in [-0.3, -0.25) is 0 Å². The molecule has 3 aromatic carbocycles. The van der Waals surface area contributed by atoms with Crippen molar-refractivity contribution >= 4 is 33.0 Å². The number of aromatic nitrogens is 1. The monoisotopic (exact) mass is 522 g/mol. The lowest BCUT2D eigenvalue weighted by Gasteiger charge is -2.21.